The molecule has 1 aliphatic heterocycles. The second kappa shape index (κ2) is 6.24. The van der Waals surface area contributed by atoms with Gasteiger partial charge in [0, 0.05) is 20.1 Å². The summed E-state index contributed by atoms with van der Waals surface area (Å²) in [5, 5.41) is 8.73. The molecule has 1 aromatic rings. The van der Waals surface area contributed by atoms with Crippen LogP contribution in [-0.4, -0.2) is 50.2 Å². The summed E-state index contributed by atoms with van der Waals surface area (Å²) >= 11 is 0. The van der Waals surface area contributed by atoms with Crippen LogP contribution >= 0.6 is 0 Å². The molecule has 0 saturated carbocycles. The van der Waals surface area contributed by atoms with Gasteiger partial charge in [0.25, 0.3) is 0 Å². The zero-order valence-electron chi connectivity index (χ0n) is 11.8. The Hall–Kier alpha value is -1.91. The summed E-state index contributed by atoms with van der Waals surface area (Å²) in [5.41, 5.74) is 1.10. The number of rotatable bonds is 3. The predicted octanol–water partition coefficient (Wildman–Crippen LogP) is 0.552. The summed E-state index contributed by atoms with van der Waals surface area (Å²) in [6, 6.07) is 8.42. The third-order valence-electron chi connectivity index (χ3n) is 3.46. The fourth-order valence-corrected chi connectivity index (χ4v) is 3.69. The summed E-state index contributed by atoms with van der Waals surface area (Å²) in [4.78, 5) is 13.3. The van der Waals surface area contributed by atoms with Crippen molar-refractivity contribution < 1.29 is 13.2 Å². The van der Waals surface area contributed by atoms with E-state index in [2.05, 4.69) is 0 Å². The average Bonchev–Trinajstić information content (AvgIpc) is 2.62. The molecule has 0 bridgehead atoms. The minimum absolute atomic E-state index is 0.102. The van der Waals surface area contributed by atoms with Crippen molar-refractivity contribution in [3.63, 3.8) is 0 Å². The maximum atomic E-state index is 12.4. The lowest BCUT2D eigenvalue weighted by Gasteiger charge is -2.19. The fourth-order valence-electron chi connectivity index (χ4n) is 2.17. The van der Waals surface area contributed by atoms with E-state index in [0.29, 0.717) is 30.6 Å². The van der Waals surface area contributed by atoms with E-state index >= 15 is 0 Å². The first kappa shape index (κ1) is 15.5. The molecule has 0 aliphatic carbocycles. The van der Waals surface area contributed by atoms with Crippen molar-refractivity contribution in [3.8, 4) is 6.07 Å². The molecule has 6 nitrogen and oxygen atoms in total. The van der Waals surface area contributed by atoms with Crippen LogP contribution in [0.2, 0.25) is 0 Å². The molecular formula is C14H17N3O3S. The second-order valence-corrected chi connectivity index (χ2v) is 7.04. The van der Waals surface area contributed by atoms with Crippen molar-refractivity contribution in [2.45, 2.75) is 12.2 Å². The molecule has 21 heavy (non-hydrogen) atoms. The topological polar surface area (TPSA) is 81.5 Å². The van der Waals surface area contributed by atoms with Crippen molar-refractivity contribution in [3.05, 3.63) is 35.4 Å². The Morgan fingerprint density at radius 3 is 2.52 bits per heavy atom. The Bertz CT molecular complexity index is 662. The summed E-state index contributed by atoms with van der Waals surface area (Å²) < 4.78 is 26.1. The van der Waals surface area contributed by atoms with Gasteiger partial charge < -0.3 is 4.90 Å². The number of carbonyl (C=O) groups excluding carboxylic acids is 1. The Kier molecular flexibility index (Phi) is 4.60. The molecule has 1 aliphatic rings. The summed E-state index contributed by atoms with van der Waals surface area (Å²) in [6.07, 6.45) is 0.634. The van der Waals surface area contributed by atoms with E-state index in [1.54, 1.807) is 36.2 Å². The second-order valence-electron chi connectivity index (χ2n) is 5.07. The van der Waals surface area contributed by atoms with Crippen LogP contribution in [0.15, 0.2) is 24.3 Å². The van der Waals surface area contributed by atoms with Gasteiger partial charge in [-0.25, -0.2) is 8.42 Å². The zero-order valence-corrected chi connectivity index (χ0v) is 12.6. The fraction of sp³-hybridized carbons (Fsp3) is 0.429. The van der Waals surface area contributed by atoms with Crippen molar-refractivity contribution in [1.29, 1.82) is 5.26 Å². The van der Waals surface area contributed by atoms with E-state index in [-0.39, 0.29) is 18.2 Å². The van der Waals surface area contributed by atoms with Gasteiger partial charge in [0.1, 0.15) is 0 Å². The van der Waals surface area contributed by atoms with Crippen LogP contribution in [0.5, 0.6) is 0 Å². The molecule has 0 atom stereocenters. The molecule has 2 rings (SSSR count). The summed E-state index contributed by atoms with van der Waals surface area (Å²) in [5.74, 6) is -0.341. The van der Waals surface area contributed by atoms with E-state index in [4.69, 9.17) is 5.26 Å². The van der Waals surface area contributed by atoms with Crippen molar-refractivity contribution >= 4 is 15.9 Å². The van der Waals surface area contributed by atoms with Crippen LogP contribution in [0.4, 0.5) is 0 Å². The maximum Gasteiger partial charge on any atom is 0.237 e. The molecule has 1 aromatic carbocycles. The van der Waals surface area contributed by atoms with E-state index < -0.39 is 10.0 Å². The molecule has 1 heterocycles. The molecule has 0 radical (unpaired) electrons. The van der Waals surface area contributed by atoms with Gasteiger partial charge in [0.05, 0.1) is 23.9 Å². The lowest BCUT2D eigenvalue weighted by Crippen LogP contribution is -2.38. The van der Waals surface area contributed by atoms with Crippen LogP contribution in [-0.2, 0) is 20.6 Å². The Morgan fingerprint density at radius 2 is 1.90 bits per heavy atom. The number of benzene rings is 1. The van der Waals surface area contributed by atoms with E-state index in [1.165, 1.54) is 4.31 Å². The van der Waals surface area contributed by atoms with Gasteiger partial charge in [-0.05, 0) is 24.1 Å². The summed E-state index contributed by atoms with van der Waals surface area (Å²) in [6.45, 7) is 0.825. The zero-order chi connectivity index (χ0) is 15.5. The highest BCUT2D eigenvalue weighted by Crippen LogP contribution is 2.14. The van der Waals surface area contributed by atoms with Gasteiger partial charge in [-0.3, -0.25) is 4.79 Å². The number of amides is 1. The minimum Gasteiger partial charge on any atom is -0.345 e. The van der Waals surface area contributed by atoms with Gasteiger partial charge >= 0.3 is 0 Å². The number of carbonyl (C=O) groups is 1. The van der Waals surface area contributed by atoms with Gasteiger partial charge in [0.2, 0.25) is 15.9 Å². The standard InChI is InChI=1S/C14H17N3O3S/c1-16-7-2-8-17(10-14(16)18)21(19,20)11-13-5-3-12(9-15)4-6-13/h3-6H,2,7-8,10-11H2,1H3. The first-order valence-corrected chi connectivity index (χ1v) is 8.24. The number of hydrogen-bond donors (Lipinski definition) is 0. The lowest BCUT2D eigenvalue weighted by atomic mass is 10.2. The lowest BCUT2D eigenvalue weighted by molar-refractivity contribution is -0.129. The highest BCUT2D eigenvalue weighted by Gasteiger charge is 2.28. The van der Waals surface area contributed by atoms with E-state index in [1.807, 2.05) is 6.07 Å². The quantitative estimate of drug-likeness (QED) is 0.816. The van der Waals surface area contributed by atoms with Crippen LogP contribution in [0.1, 0.15) is 17.5 Å². The normalized spacial score (nSPS) is 17.3. The van der Waals surface area contributed by atoms with Crippen molar-refractivity contribution in [2.24, 2.45) is 0 Å². The largest absolute Gasteiger partial charge is 0.345 e. The molecule has 112 valence electrons. The monoisotopic (exact) mass is 307 g/mol. The molecule has 1 fully saturated rings. The number of nitriles is 1. The third kappa shape index (κ3) is 3.80. The van der Waals surface area contributed by atoms with Crippen LogP contribution < -0.4 is 0 Å². The van der Waals surface area contributed by atoms with Gasteiger partial charge in [0.15, 0.2) is 0 Å². The van der Waals surface area contributed by atoms with Gasteiger partial charge in [-0.2, -0.15) is 9.57 Å². The molecule has 0 N–H and O–H groups in total. The molecule has 1 saturated heterocycles. The first-order valence-electron chi connectivity index (χ1n) is 6.63. The van der Waals surface area contributed by atoms with E-state index in [0.717, 1.165) is 0 Å². The van der Waals surface area contributed by atoms with Gasteiger partial charge in [-0.1, -0.05) is 12.1 Å². The van der Waals surface area contributed by atoms with Crippen LogP contribution in [0.25, 0.3) is 0 Å². The average molecular weight is 307 g/mol. The Morgan fingerprint density at radius 1 is 1.24 bits per heavy atom. The molecule has 0 aromatic heterocycles. The molecule has 0 spiro atoms. The SMILES string of the molecule is CN1CCCN(S(=O)(=O)Cc2ccc(C#N)cc2)CC1=O. The molecule has 7 heteroatoms. The molecule has 0 unspecified atom stereocenters. The molecular weight excluding hydrogens is 290 g/mol. The number of hydrogen-bond acceptors (Lipinski definition) is 4. The first-order chi connectivity index (χ1) is 9.92. The third-order valence-corrected chi connectivity index (χ3v) is 5.26. The van der Waals surface area contributed by atoms with Crippen molar-refractivity contribution in [1.82, 2.24) is 9.21 Å². The highest BCUT2D eigenvalue weighted by atomic mass is 32.2. The Balaban J connectivity index is 2.13. The predicted molar refractivity (Wildman–Crippen MR) is 77.6 cm³/mol. The molecule has 1 amide bonds. The van der Waals surface area contributed by atoms with Crippen LogP contribution in [0, 0.1) is 11.3 Å². The smallest absolute Gasteiger partial charge is 0.237 e. The minimum atomic E-state index is -3.53. The number of sulfonamides is 1. The number of nitrogens with zero attached hydrogens (tertiary/aromatic N) is 3. The maximum absolute atomic E-state index is 12.4. The summed E-state index contributed by atoms with van der Waals surface area (Å²) in [7, 11) is -1.85. The number of likely N-dealkylation sites (N-methyl/N-ethyl adjacent to an activating group) is 1. The van der Waals surface area contributed by atoms with E-state index in [9.17, 15) is 13.2 Å². The highest BCUT2D eigenvalue weighted by molar-refractivity contribution is 7.88. The van der Waals surface area contributed by atoms with Crippen molar-refractivity contribution in [2.75, 3.05) is 26.7 Å². The van der Waals surface area contributed by atoms with Crippen LogP contribution in [0.3, 0.4) is 0 Å². The van der Waals surface area contributed by atoms with Gasteiger partial charge in [-0.15, -0.1) is 0 Å². The Labute approximate surface area is 124 Å².